The van der Waals surface area contributed by atoms with Gasteiger partial charge in [-0.1, -0.05) is 42.8 Å². The second-order valence-electron chi connectivity index (χ2n) is 9.75. The summed E-state index contributed by atoms with van der Waals surface area (Å²) in [5, 5.41) is 0.152. The molecule has 0 unspecified atom stereocenters. The average molecular weight is 546 g/mol. The SMILES string of the molecule is C[C@H]1CN(c2ccc(Oc3ccccc3)cc2)c2nc3c(c(=O)n(Cc4c(F)cccc4Cl)c(=O)n3C)n2C1. The van der Waals surface area contributed by atoms with Gasteiger partial charge in [0.25, 0.3) is 5.56 Å². The number of halogens is 2. The number of benzene rings is 3. The zero-order valence-electron chi connectivity index (χ0n) is 21.3. The first-order valence-electron chi connectivity index (χ1n) is 12.5. The second-order valence-corrected chi connectivity index (χ2v) is 10.2. The van der Waals surface area contributed by atoms with Crippen LogP contribution in [0.5, 0.6) is 11.5 Å². The number of para-hydroxylation sites is 1. The van der Waals surface area contributed by atoms with E-state index in [-0.39, 0.29) is 28.7 Å². The van der Waals surface area contributed by atoms with Gasteiger partial charge < -0.3 is 14.2 Å². The number of fused-ring (bicyclic) bond motifs is 3. The third-order valence-corrected chi connectivity index (χ3v) is 7.30. The number of aryl methyl sites for hydroxylation is 1. The summed E-state index contributed by atoms with van der Waals surface area (Å²) in [7, 11) is 1.56. The maximum absolute atomic E-state index is 14.5. The van der Waals surface area contributed by atoms with Crippen molar-refractivity contribution in [2.75, 3.05) is 11.4 Å². The Hall–Kier alpha value is -4.37. The van der Waals surface area contributed by atoms with Gasteiger partial charge in [-0.05, 0) is 54.4 Å². The molecule has 0 saturated heterocycles. The Labute approximate surface area is 228 Å². The van der Waals surface area contributed by atoms with Crippen molar-refractivity contribution in [1.29, 1.82) is 0 Å². The van der Waals surface area contributed by atoms with E-state index in [4.69, 9.17) is 21.3 Å². The maximum atomic E-state index is 14.5. The highest BCUT2D eigenvalue weighted by molar-refractivity contribution is 6.31. The lowest BCUT2D eigenvalue weighted by Gasteiger charge is -2.33. The summed E-state index contributed by atoms with van der Waals surface area (Å²) in [5.74, 6) is 1.61. The van der Waals surface area contributed by atoms with E-state index in [1.807, 2.05) is 64.1 Å². The Morgan fingerprint density at radius 1 is 0.974 bits per heavy atom. The smallest absolute Gasteiger partial charge is 0.332 e. The van der Waals surface area contributed by atoms with Crippen molar-refractivity contribution in [3.63, 3.8) is 0 Å². The van der Waals surface area contributed by atoms with E-state index >= 15 is 0 Å². The molecular weight excluding hydrogens is 521 g/mol. The number of nitrogens with zero attached hydrogens (tertiary/aromatic N) is 5. The Bertz CT molecular complexity index is 1790. The summed E-state index contributed by atoms with van der Waals surface area (Å²) in [4.78, 5) is 33.7. The number of hydrogen-bond donors (Lipinski definition) is 0. The van der Waals surface area contributed by atoms with Gasteiger partial charge in [0, 0.05) is 36.4 Å². The fraction of sp³-hybridized carbons (Fsp3) is 0.207. The van der Waals surface area contributed by atoms with Crippen LogP contribution >= 0.6 is 11.6 Å². The van der Waals surface area contributed by atoms with Gasteiger partial charge in [-0.25, -0.2) is 9.18 Å². The molecule has 6 rings (SSSR count). The number of hydrogen-bond acceptors (Lipinski definition) is 5. The van der Waals surface area contributed by atoms with Crippen LogP contribution in [0, 0.1) is 11.7 Å². The van der Waals surface area contributed by atoms with Crippen LogP contribution in [0.1, 0.15) is 12.5 Å². The van der Waals surface area contributed by atoms with E-state index in [0.717, 1.165) is 16.0 Å². The van der Waals surface area contributed by atoms with Crippen LogP contribution in [-0.4, -0.2) is 25.2 Å². The van der Waals surface area contributed by atoms with Gasteiger partial charge in [0.05, 0.1) is 6.54 Å². The molecule has 2 aromatic heterocycles. The fourth-order valence-electron chi connectivity index (χ4n) is 5.02. The molecule has 0 fully saturated rings. The van der Waals surface area contributed by atoms with Gasteiger partial charge in [-0.3, -0.25) is 13.9 Å². The van der Waals surface area contributed by atoms with E-state index in [2.05, 4.69) is 6.92 Å². The summed E-state index contributed by atoms with van der Waals surface area (Å²) < 4.78 is 24.6. The molecule has 1 aliphatic heterocycles. The van der Waals surface area contributed by atoms with Crippen LogP contribution in [0.3, 0.4) is 0 Å². The molecule has 0 spiro atoms. The van der Waals surface area contributed by atoms with Gasteiger partial charge >= 0.3 is 5.69 Å². The van der Waals surface area contributed by atoms with Crippen molar-refractivity contribution in [3.05, 3.63) is 110 Å². The third-order valence-electron chi connectivity index (χ3n) is 6.95. The molecule has 0 bridgehead atoms. The molecular formula is C29H25ClFN5O3. The van der Waals surface area contributed by atoms with Gasteiger partial charge in [0.2, 0.25) is 5.95 Å². The number of imidazole rings is 1. The highest BCUT2D eigenvalue weighted by Gasteiger charge is 2.30. The number of ether oxygens (including phenoxy) is 1. The van der Waals surface area contributed by atoms with Crippen molar-refractivity contribution in [2.24, 2.45) is 13.0 Å². The molecule has 1 aliphatic rings. The maximum Gasteiger partial charge on any atom is 0.332 e. The molecule has 1 atom stereocenters. The molecule has 8 nitrogen and oxygen atoms in total. The highest BCUT2D eigenvalue weighted by Crippen LogP contribution is 2.34. The molecule has 39 heavy (non-hydrogen) atoms. The quantitative estimate of drug-likeness (QED) is 0.299. The molecule has 0 saturated carbocycles. The van der Waals surface area contributed by atoms with Crippen LogP contribution in [0.25, 0.3) is 11.2 Å². The van der Waals surface area contributed by atoms with E-state index in [1.165, 1.54) is 22.8 Å². The topological polar surface area (TPSA) is 74.3 Å². The first-order valence-corrected chi connectivity index (χ1v) is 12.9. The van der Waals surface area contributed by atoms with E-state index in [9.17, 15) is 14.0 Å². The zero-order valence-corrected chi connectivity index (χ0v) is 22.1. The van der Waals surface area contributed by atoms with Crippen molar-refractivity contribution in [3.8, 4) is 11.5 Å². The third kappa shape index (κ3) is 4.38. The lowest BCUT2D eigenvalue weighted by Crippen LogP contribution is -2.40. The van der Waals surface area contributed by atoms with Crippen molar-refractivity contribution in [1.82, 2.24) is 18.7 Å². The standard InChI is InChI=1S/C29H25ClFN5O3/c1-18-15-34(19-11-13-21(14-12-19)39-20-7-4-3-5-8-20)28-32-26-25(35(28)16-18)27(37)36(29(38)33(26)2)17-22-23(30)9-6-10-24(22)31/h3-14,18H,15-17H2,1-2H3/t18-/m0/s1. The summed E-state index contributed by atoms with van der Waals surface area (Å²) in [6.07, 6.45) is 0. The molecule has 10 heteroatoms. The normalized spacial score (nSPS) is 15.0. The molecule has 3 aromatic carbocycles. The summed E-state index contributed by atoms with van der Waals surface area (Å²) >= 11 is 6.20. The monoisotopic (exact) mass is 545 g/mol. The predicted octanol–water partition coefficient (Wildman–Crippen LogP) is 5.32. The minimum atomic E-state index is -0.593. The first-order chi connectivity index (χ1) is 18.8. The first kappa shape index (κ1) is 24.9. The van der Waals surface area contributed by atoms with Gasteiger partial charge in [0.15, 0.2) is 11.2 Å². The minimum absolute atomic E-state index is 0.0869. The molecule has 3 heterocycles. The summed E-state index contributed by atoms with van der Waals surface area (Å²) in [6, 6.07) is 21.5. The molecule has 0 radical (unpaired) electrons. The summed E-state index contributed by atoms with van der Waals surface area (Å²) in [5.41, 5.74) is 0.404. The highest BCUT2D eigenvalue weighted by atomic mass is 35.5. The average Bonchev–Trinajstić information content (AvgIpc) is 3.31. The Morgan fingerprint density at radius 2 is 1.69 bits per heavy atom. The lowest BCUT2D eigenvalue weighted by atomic mass is 10.1. The van der Waals surface area contributed by atoms with Crippen molar-refractivity contribution >= 4 is 34.4 Å². The molecule has 198 valence electrons. The molecule has 0 aliphatic carbocycles. The molecule has 5 aromatic rings. The number of aromatic nitrogens is 4. The van der Waals surface area contributed by atoms with Crippen LogP contribution in [0.4, 0.5) is 16.0 Å². The van der Waals surface area contributed by atoms with E-state index < -0.39 is 17.1 Å². The molecule has 0 N–H and O–H groups in total. The van der Waals surface area contributed by atoms with E-state index in [1.54, 1.807) is 7.05 Å². The van der Waals surface area contributed by atoms with E-state index in [0.29, 0.717) is 30.3 Å². The van der Waals surface area contributed by atoms with Gasteiger partial charge in [-0.2, -0.15) is 4.98 Å². The fourth-order valence-corrected chi connectivity index (χ4v) is 5.25. The van der Waals surface area contributed by atoms with Crippen LogP contribution < -0.4 is 20.9 Å². The number of anilines is 2. The van der Waals surface area contributed by atoms with Crippen molar-refractivity contribution in [2.45, 2.75) is 20.0 Å². The summed E-state index contributed by atoms with van der Waals surface area (Å²) in [6.45, 7) is 3.03. The largest absolute Gasteiger partial charge is 0.457 e. The number of rotatable bonds is 5. The minimum Gasteiger partial charge on any atom is -0.457 e. The van der Waals surface area contributed by atoms with Crippen LogP contribution in [0.2, 0.25) is 5.02 Å². The predicted molar refractivity (Wildman–Crippen MR) is 149 cm³/mol. The van der Waals surface area contributed by atoms with Crippen molar-refractivity contribution < 1.29 is 9.13 Å². The van der Waals surface area contributed by atoms with Crippen LogP contribution in [0.15, 0.2) is 82.4 Å². The lowest BCUT2D eigenvalue weighted by molar-refractivity contribution is 0.457. The van der Waals surface area contributed by atoms with Gasteiger partial charge in [-0.15, -0.1) is 0 Å². The Kier molecular flexibility index (Phi) is 6.23. The Balaban J connectivity index is 1.43. The zero-order chi connectivity index (χ0) is 27.3. The van der Waals surface area contributed by atoms with Gasteiger partial charge in [0.1, 0.15) is 17.3 Å². The van der Waals surface area contributed by atoms with Crippen LogP contribution in [-0.2, 0) is 20.1 Å². The molecule has 0 amide bonds. The second kappa shape index (κ2) is 9.74. The Morgan fingerprint density at radius 3 is 2.41 bits per heavy atom.